The van der Waals surface area contributed by atoms with Crippen molar-refractivity contribution in [2.45, 2.75) is 40.0 Å². The zero-order valence-corrected chi connectivity index (χ0v) is 8.35. The maximum absolute atomic E-state index is 2.28. The molecule has 66 valence electrons. The predicted molar refractivity (Wildman–Crippen MR) is 55.1 cm³/mol. The molecule has 0 heterocycles. The molecule has 0 N–H and O–H groups in total. The standard InChI is InChI=1S/C12H18/c1-4-10(3)12-9-7-6-8-11(12)5-2/h4,7,9H,5-6,8H2,1-3H3/b10-4-. The molecule has 0 bridgehead atoms. The lowest BCUT2D eigenvalue weighted by Crippen LogP contribution is -1.95. The Labute approximate surface area is 75.7 Å². The fourth-order valence-electron chi connectivity index (χ4n) is 1.64. The summed E-state index contributed by atoms with van der Waals surface area (Å²) in [4.78, 5) is 0. The van der Waals surface area contributed by atoms with E-state index < -0.39 is 0 Å². The Morgan fingerprint density at radius 1 is 1.58 bits per heavy atom. The molecule has 1 aliphatic rings. The van der Waals surface area contributed by atoms with E-state index in [-0.39, 0.29) is 0 Å². The van der Waals surface area contributed by atoms with E-state index in [2.05, 4.69) is 39.0 Å². The highest BCUT2D eigenvalue weighted by atomic mass is 14.1. The van der Waals surface area contributed by atoms with E-state index in [9.17, 15) is 0 Å². The van der Waals surface area contributed by atoms with Crippen LogP contribution in [-0.4, -0.2) is 0 Å². The van der Waals surface area contributed by atoms with Crippen LogP contribution in [0.2, 0.25) is 0 Å². The van der Waals surface area contributed by atoms with Crippen LogP contribution in [0.15, 0.2) is 34.9 Å². The molecule has 0 aliphatic heterocycles. The highest BCUT2D eigenvalue weighted by Crippen LogP contribution is 2.26. The van der Waals surface area contributed by atoms with Gasteiger partial charge < -0.3 is 0 Å². The first-order valence-corrected chi connectivity index (χ1v) is 4.81. The Balaban J connectivity index is 2.96. The van der Waals surface area contributed by atoms with E-state index in [4.69, 9.17) is 0 Å². The predicted octanol–water partition coefficient (Wildman–Crippen LogP) is 4.01. The topological polar surface area (TPSA) is 0 Å². The van der Waals surface area contributed by atoms with Gasteiger partial charge in [0.25, 0.3) is 0 Å². The molecule has 0 nitrogen and oxygen atoms in total. The van der Waals surface area contributed by atoms with Crippen LogP contribution in [0.5, 0.6) is 0 Å². The lowest BCUT2D eigenvalue weighted by atomic mass is 9.91. The van der Waals surface area contributed by atoms with Crippen molar-refractivity contribution in [2.24, 2.45) is 0 Å². The van der Waals surface area contributed by atoms with Crippen molar-refractivity contribution < 1.29 is 0 Å². The Bertz CT molecular complexity index is 239. The fraction of sp³-hybridized carbons (Fsp3) is 0.500. The van der Waals surface area contributed by atoms with E-state index in [1.165, 1.54) is 30.4 Å². The molecule has 0 heteroatoms. The summed E-state index contributed by atoms with van der Waals surface area (Å²) in [5, 5.41) is 0. The molecule has 0 radical (unpaired) electrons. The van der Waals surface area contributed by atoms with Crippen LogP contribution in [0.4, 0.5) is 0 Å². The Kier molecular flexibility index (Phi) is 3.33. The van der Waals surface area contributed by atoms with Crippen molar-refractivity contribution in [3.8, 4) is 0 Å². The molecule has 0 saturated carbocycles. The van der Waals surface area contributed by atoms with Crippen molar-refractivity contribution in [3.63, 3.8) is 0 Å². The monoisotopic (exact) mass is 162 g/mol. The van der Waals surface area contributed by atoms with E-state index in [0.717, 1.165) is 0 Å². The molecule has 0 spiro atoms. The van der Waals surface area contributed by atoms with Gasteiger partial charge in [0.15, 0.2) is 0 Å². The van der Waals surface area contributed by atoms with Crippen LogP contribution in [0, 0.1) is 0 Å². The first kappa shape index (κ1) is 9.31. The fourth-order valence-corrected chi connectivity index (χ4v) is 1.64. The van der Waals surface area contributed by atoms with E-state index >= 15 is 0 Å². The molecule has 0 fully saturated rings. The van der Waals surface area contributed by atoms with Crippen molar-refractivity contribution in [1.29, 1.82) is 0 Å². The van der Waals surface area contributed by atoms with E-state index in [1.807, 2.05) is 0 Å². The van der Waals surface area contributed by atoms with Gasteiger partial charge in [0, 0.05) is 0 Å². The molecule has 0 atom stereocenters. The van der Waals surface area contributed by atoms with Crippen molar-refractivity contribution >= 4 is 0 Å². The molecule has 0 aromatic carbocycles. The average Bonchev–Trinajstić information content (AvgIpc) is 2.16. The Hall–Kier alpha value is -0.780. The number of allylic oxidation sites excluding steroid dienone is 6. The summed E-state index contributed by atoms with van der Waals surface area (Å²) >= 11 is 0. The largest absolute Gasteiger partial charge is 0.0841 e. The van der Waals surface area contributed by atoms with Crippen molar-refractivity contribution in [3.05, 3.63) is 34.9 Å². The first-order chi connectivity index (χ1) is 5.79. The molecule has 0 saturated heterocycles. The van der Waals surface area contributed by atoms with Gasteiger partial charge in [-0.2, -0.15) is 0 Å². The van der Waals surface area contributed by atoms with Crippen LogP contribution >= 0.6 is 0 Å². The zero-order valence-electron chi connectivity index (χ0n) is 8.35. The minimum Gasteiger partial charge on any atom is -0.0841 e. The number of hydrogen-bond acceptors (Lipinski definition) is 0. The second-order valence-electron chi connectivity index (χ2n) is 3.28. The van der Waals surface area contributed by atoms with E-state index in [1.54, 1.807) is 5.57 Å². The van der Waals surface area contributed by atoms with Gasteiger partial charge in [-0.15, -0.1) is 0 Å². The summed E-state index contributed by atoms with van der Waals surface area (Å²) in [6, 6.07) is 0. The van der Waals surface area contributed by atoms with Crippen LogP contribution in [0.25, 0.3) is 0 Å². The minimum absolute atomic E-state index is 1.20. The quantitative estimate of drug-likeness (QED) is 0.575. The zero-order chi connectivity index (χ0) is 8.97. The highest BCUT2D eigenvalue weighted by Gasteiger charge is 2.06. The Morgan fingerprint density at radius 3 is 2.92 bits per heavy atom. The molecule has 0 amide bonds. The van der Waals surface area contributed by atoms with Crippen LogP contribution < -0.4 is 0 Å². The summed E-state index contributed by atoms with van der Waals surface area (Å²) in [5.41, 5.74) is 4.52. The van der Waals surface area contributed by atoms with Gasteiger partial charge in [0.2, 0.25) is 0 Å². The van der Waals surface area contributed by atoms with Gasteiger partial charge >= 0.3 is 0 Å². The second-order valence-corrected chi connectivity index (χ2v) is 3.28. The summed E-state index contributed by atoms with van der Waals surface area (Å²) in [7, 11) is 0. The molecule has 0 aromatic heterocycles. The molecule has 1 rings (SSSR count). The van der Waals surface area contributed by atoms with Gasteiger partial charge in [-0.1, -0.05) is 30.7 Å². The third kappa shape index (κ3) is 1.88. The normalized spacial score (nSPS) is 18.8. The molecule has 12 heavy (non-hydrogen) atoms. The lowest BCUT2D eigenvalue weighted by molar-refractivity contribution is 0.877. The third-order valence-electron chi connectivity index (χ3n) is 2.56. The summed E-state index contributed by atoms with van der Waals surface area (Å²) < 4.78 is 0. The first-order valence-electron chi connectivity index (χ1n) is 4.81. The summed E-state index contributed by atoms with van der Waals surface area (Å²) in [6.45, 7) is 6.55. The van der Waals surface area contributed by atoms with Crippen LogP contribution in [0.3, 0.4) is 0 Å². The minimum atomic E-state index is 1.20. The van der Waals surface area contributed by atoms with Crippen LogP contribution in [-0.2, 0) is 0 Å². The lowest BCUT2D eigenvalue weighted by Gasteiger charge is -2.14. The van der Waals surface area contributed by atoms with Gasteiger partial charge in [-0.05, 0) is 44.3 Å². The highest BCUT2D eigenvalue weighted by molar-refractivity contribution is 5.43. The molecular formula is C12H18. The molecule has 0 unspecified atom stereocenters. The smallest absolute Gasteiger partial charge is 0.0242 e. The second kappa shape index (κ2) is 4.30. The van der Waals surface area contributed by atoms with Gasteiger partial charge in [-0.25, -0.2) is 0 Å². The summed E-state index contributed by atoms with van der Waals surface area (Å²) in [6.07, 6.45) is 10.4. The third-order valence-corrected chi connectivity index (χ3v) is 2.56. The number of rotatable bonds is 2. The SMILES string of the molecule is C/C=C(/C)C1=C(CC)CCC=C1. The maximum atomic E-state index is 2.28. The number of hydrogen-bond donors (Lipinski definition) is 0. The van der Waals surface area contributed by atoms with Gasteiger partial charge in [-0.3, -0.25) is 0 Å². The van der Waals surface area contributed by atoms with Crippen molar-refractivity contribution in [1.82, 2.24) is 0 Å². The van der Waals surface area contributed by atoms with Gasteiger partial charge in [0.05, 0.1) is 0 Å². The maximum Gasteiger partial charge on any atom is -0.0242 e. The average molecular weight is 162 g/mol. The molecular weight excluding hydrogens is 144 g/mol. The summed E-state index contributed by atoms with van der Waals surface area (Å²) in [5.74, 6) is 0. The molecule has 1 aliphatic carbocycles. The van der Waals surface area contributed by atoms with Crippen molar-refractivity contribution in [2.75, 3.05) is 0 Å². The van der Waals surface area contributed by atoms with Crippen LogP contribution in [0.1, 0.15) is 40.0 Å². The van der Waals surface area contributed by atoms with Gasteiger partial charge in [0.1, 0.15) is 0 Å². The van der Waals surface area contributed by atoms with E-state index in [0.29, 0.717) is 0 Å². The molecule has 0 aromatic rings. The Morgan fingerprint density at radius 2 is 2.33 bits per heavy atom.